The van der Waals surface area contributed by atoms with E-state index in [9.17, 15) is 4.79 Å². The van der Waals surface area contributed by atoms with Gasteiger partial charge in [-0.2, -0.15) is 5.10 Å². The molecule has 1 aromatic carbocycles. The van der Waals surface area contributed by atoms with Crippen LogP contribution in [-0.4, -0.2) is 33.8 Å². The molecule has 1 aliphatic heterocycles. The molecule has 1 aliphatic rings. The minimum absolute atomic E-state index is 0.0107. The van der Waals surface area contributed by atoms with E-state index in [1.165, 1.54) is 24.9 Å². The fraction of sp³-hybridized carbons (Fsp3) is 0.409. The Morgan fingerprint density at radius 2 is 1.93 bits per heavy atom. The number of nitrogens with one attached hydrogen (secondary N) is 1. The minimum Gasteiger partial charge on any atom is -0.371 e. The van der Waals surface area contributed by atoms with Crippen LogP contribution in [0.5, 0.6) is 0 Å². The third-order valence-electron chi connectivity index (χ3n) is 5.42. The number of anilines is 2. The van der Waals surface area contributed by atoms with Crippen LogP contribution in [-0.2, 0) is 11.3 Å². The first-order chi connectivity index (χ1) is 13.6. The van der Waals surface area contributed by atoms with Crippen molar-refractivity contribution in [1.82, 2.24) is 14.8 Å². The molecule has 1 saturated heterocycles. The summed E-state index contributed by atoms with van der Waals surface area (Å²) in [4.78, 5) is 19.3. The highest BCUT2D eigenvalue weighted by Crippen LogP contribution is 2.33. The number of benzene rings is 1. The SMILES string of the molecule is Cc1cc(C)n(CCC(=O)Nc2ccc(N3CCCCC3)c3ccncc23)n1. The van der Waals surface area contributed by atoms with Gasteiger partial charge in [0.15, 0.2) is 0 Å². The second-order valence-electron chi connectivity index (χ2n) is 7.55. The van der Waals surface area contributed by atoms with Crippen LogP contribution < -0.4 is 10.2 Å². The van der Waals surface area contributed by atoms with Gasteiger partial charge in [0.2, 0.25) is 5.91 Å². The molecule has 4 rings (SSSR count). The summed E-state index contributed by atoms with van der Waals surface area (Å²) in [5.74, 6) is -0.0107. The van der Waals surface area contributed by atoms with Crippen molar-refractivity contribution in [3.63, 3.8) is 0 Å². The van der Waals surface area contributed by atoms with Crippen LogP contribution in [0, 0.1) is 13.8 Å². The molecule has 28 heavy (non-hydrogen) atoms. The van der Waals surface area contributed by atoms with E-state index in [0.717, 1.165) is 40.9 Å². The Bertz CT molecular complexity index is 988. The van der Waals surface area contributed by atoms with Gasteiger partial charge in [-0.15, -0.1) is 0 Å². The van der Waals surface area contributed by atoms with E-state index in [1.54, 1.807) is 0 Å². The van der Waals surface area contributed by atoms with Gasteiger partial charge in [0.05, 0.1) is 11.4 Å². The number of carbonyl (C=O) groups is 1. The Balaban J connectivity index is 1.52. The van der Waals surface area contributed by atoms with E-state index in [2.05, 4.69) is 26.4 Å². The summed E-state index contributed by atoms with van der Waals surface area (Å²) >= 11 is 0. The molecule has 0 bridgehead atoms. The van der Waals surface area contributed by atoms with Gasteiger partial charge in [0, 0.05) is 60.6 Å². The molecule has 146 valence electrons. The predicted molar refractivity (Wildman–Crippen MR) is 113 cm³/mol. The molecular weight excluding hydrogens is 350 g/mol. The molecule has 0 spiro atoms. The first-order valence-electron chi connectivity index (χ1n) is 10.0. The summed E-state index contributed by atoms with van der Waals surface area (Å²) in [6, 6.07) is 8.21. The van der Waals surface area contributed by atoms with Crippen molar-refractivity contribution < 1.29 is 4.79 Å². The highest BCUT2D eigenvalue weighted by molar-refractivity contribution is 6.06. The average molecular weight is 377 g/mol. The van der Waals surface area contributed by atoms with E-state index in [0.29, 0.717) is 13.0 Å². The van der Waals surface area contributed by atoms with Gasteiger partial charge < -0.3 is 10.2 Å². The molecule has 3 aromatic rings. The number of fused-ring (bicyclic) bond motifs is 1. The monoisotopic (exact) mass is 377 g/mol. The highest BCUT2D eigenvalue weighted by atomic mass is 16.1. The molecule has 2 aromatic heterocycles. The smallest absolute Gasteiger partial charge is 0.226 e. The standard InChI is InChI=1S/C22H27N5O/c1-16-14-17(2)27(25-16)13-9-22(28)24-20-6-7-21(26-11-4-3-5-12-26)18-8-10-23-15-19(18)20/h6-8,10,14-15H,3-5,9,11-13H2,1-2H3,(H,24,28). The van der Waals surface area contributed by atoms with Crippen LogP contribution in [0.25, 0.3) is 10.8 Å². The lowest BCUT2D eigenvalue weighted by atomic mass is 10.0. The molecule has 1 N–H and O–H groups in total. The Hall–Kier alpha value is -2.89. The van der Waals surface area contributed by atoms with E-state index in [1.807, 2.05) is 49.1 Å². The normalized spacial score (nSPS) is 14.4. The summed E-state index contributed by atoms with van der Waals surface area (Å²) in [6.45, 7) is 6.73. The van der Waals surface area contributed by atoms with Gasteiger partial charge in [0.25, 0.3) is 0 Å². The summed E-state index contributed by atoms with van der Waals surface area (Å²) in [5, 5.41) is 9.63. The Labute approximate surface area is 165 Å². The Morgan fingerprint density at radius 3 is 2.68 bits per heavy atom. The van der Waals surface area contributed by atoms with Gasteiger partial charge in [0.1, 0.15) is 0 Å². The molecule has 6 nitrogen and oxygen atoms in total. The maximum Gasteiger partial charge on any atom is 0.226 e. The van der Waals surface area contributed by atoms with Crippen molar-refractivity contribution in [2.45, 2.75) is 46.1 Å². The zero-order valence-corrected chi connectivity index (χ0v) is 16.6. The molecule has 3 heterocycles. The maximum atomic E-state index is 12.6. The summed E-state index contributed by atoms with van der Waals surface area (Å²) < 4.78 is 1.88. The number of aromatic nitrogens is 3. The predicted octanol–water partition coefficient (Wildman–Crippen LogP) is 4.07. The van der Waals surface area contributed by atoms with Crippen molar-refractivity contribution in [3.05, 3.63) is 48.0 Å². The third-order valence-corrected chi connectivity index (χ3v) is 5.42. The first kappa shape index (κ1) is 18.5. The lowest BCUT2D eigenvalue weighted by molar-refractivity contribution is -0.116. The fourth-order valence-electron chi connectivity index (χ4n) is 4.02. The number of piperidine rings is 1. The number of carbonyl (C=O) groups excluding carboxylic acids is 1. The van der Waals surface area contributed by atoms with E-state index >= 15 is 0 Å². The summed E-state index contributed by atoms with van der Waals surface area (Å²) in [5.41, 5.74) is 4.11. The van der Waals surface area contributed by atoms with Crippen LogP contribution >= 0.6 is 0 Å². The van der Waals surface area contributed by atoms with Crippen molar-refractivity contribution in [1.29, 1.82) is 0 Å². The number of hydrogen-bond acceptors (Lipinski definition) is 4. The molecule has 6 heteroatoms. The summed E-state index contributed by atoms with van der Waals surface area (Å²) in [7, 11) is 0. The van der Waals surface area contributed by atoms with Crippen molar-refractivity contribution in [2.24, 2.45) is 0 Å². The Morgan fingerprint density at radius 1 is 1.11 bits per heavy atom. The quantitative estimate of drug-likeness (QED) is 0.728. The number of amides is 1. The van der Waals surface area contributed by atoms with Gasteiger partial charge >= 0.3 is 0 Å². The molecule has 0 radical (unpaired) electrons. The van der Waals surface area contributed by atoms with E-state index in [-0.39, 0.29) is 5.91 Å². The number of pyridine rings is 1. The minimum atomic E-state index is -0.0107. The summed E-state index contributed by atoms with van der Waals surface area (Å²) in [6.07, 6.45) is 7.83. The van der Waals surface area contributed by atoms with Gasteiger partial charge in [-0.3, -0.25) is 14.5 Å². The number of hydrogen-bond donors (Lipinski definition) is 1. The van der Waals surface area contributed by atoms with Crippen molar-refractivity contribution in [2.75, 3.05) is 23.3 Å². The number of rotatable bonds is 5. The van der Waals surface area contributed by atoms with Crippen LogP contribution in [0.3, 0.4) is 0 Å². The zero-order chi connectivity index (χ0) is 19.5. The van der Waals surface area contributed by atoms with Crippen LogP contribution in [0.4, 0.5) is 11.4 Å². The lowest BCUT2D eigenvalue weighted by Gasteiger charge is -2.30. The lowest BCUT2D eigenvalue weighted by Crippen LogP contribution is -2.29. The zero-order valence-electron chi connectivity index (χ0n) is 16.6. The van der Waals surface area contributed by atoms with Gasteiger partial charge in [-0.05, 0) is 57.4 Å². The second-order valence-corrected chi connectivity index (χ2v) is 7.55. The molecule has 1 fully saturated rings. The molecule has 0 aliphatic carbocycles. The first-order valence-corrected chi connectivity index (χ1v) is 10.0. The maximum absolute atomic E-state index is 12.6. The van der Waals surface area contributed by atoms with Gasteiger partial charge in [-0.25, -0.2) is 0 Å². The molecule has 0 saturated carbocycles. The van der Waals surface area contributed by atoms with E-state index in [4.69, 9.17) is 0 Å². The highest BCUT2D eigenvalue weighted by Gasteiger charge is 2.16. The molecule has 0 atom stereocenters. The number of aryl methyl sites for hydroxylation is 3. The van der Waals surface area contributed by atoms with Gasteiger partial charge in [-0.1, -0.05) is 0 Å². The van der Waals surface area contributed by atoms with Crippen LogP contribution in [0.1, 0.15) is 37.1 Å². The van der Waals surface area contributed by atoms with Crippen molar-refractivity contribution >= 4 is 28.1 Å². The largest absolute Gasteiger partial charge is 0.371 e. The molecule has 0 unspecified atom stereocenters. The van der Waals surface area contributed by atoms with E-state index < -0.39 is 0 Å². The van der Waals surface area contributed by atoms with Crippen molar-refractivity contribution in [3.8, 4) is 0 Å². The van der Waals surface area contributed by atoms with Crippen LogP contribution in [0.2, 0.25) is 0 Å². The molecule has 1 amide bonds. The fourth-order valence-corrected chi connectivity index (χ4v) is 4.02. The molecular formula is C22H27N5O. The van der Waals surface area contributed by atoms with Crippen LogP contribution in [0.15, 0.2) is 36.7 Å². The third kappa shape index (κ3) is 3.86. The number of nitrogens with zero attached hydrogens (tertiary/aromatic N) is 4. The topological polar surface area (TPSA) is 63.1 Å². The Kier molecular flexibility index (Phi) is 5.28. The average Bonchev–Trinajstić information content (AvgIpc) is 3.04. The second kappa shape index (κ2) is 8.00.